The normalized spacial score (nSPS) is 10.1. The van der Waals surface area contributed by atoms with Crippen molar-refractivity contribution < 1.29 is 18.3 Å². The van der Waals surface area contributed by atoms with Gasteiger partial charge in [-0.2, -0.15) is 0 Å². The molecule has 0 aliphatic carbocycles. The molecule has 2 rings (SSSR count). The Balaban J connectivity index is 2.19. The van der Waals surface area contributed by atoms with Crippen LogP contribution in [0.25, 0.3) is 0 Å². The molecular weight excluding hydrogens is 238 g/mol. The molecule has 0 aromatic heterocycles. The quantitative estimate of drug-likeness (QED) is 0.770. The van der Waals surface area contributed by atoms with Crippen molar-refractivity contribution in [2.45, 2.75) is 0 Å². The average Bonchev–Trinajstić information content (AvgIpc) is 2.41. The van der Waals surface area contributed by atoms with Crippen LogP contribution in [-0.2, 0) is 0 Å². The van der Waals surface area contributed by atoms with Crippen LogP contribution < -0.4 is 4.74 Å². The fourth-order valence-corrected chi connectivity index (χ4v) is 1.45. The molecule has 0 radical (unpaired) electrons. The number of carbonyl (C=O) groups is 1. The topological polar surface area (TPSA) is 26.3 Å². The van der Waals surface area contributed by atoms with E-state index in [1.54, 1.807) is 12.1 Å². The van der Waals surface area contributed by atoms with E-state index in [1.807, 2.05) is 0 Å². The third-order valence-electron chi connectivity index (χ3n) is 2.33. The van der Waals surface area contributed by atoms with Gasteiger partial charge >= 0.3 is 0 Å². The molecule has 2 aromatic carbocycles. The largest absolute Gasteiger partial charge is 0.457 e. The predicted molar refractivity (Wildman–Crippen MR) is 63.2 cm³/mol. The number of alkyl halides is 1. The first-order chi connectivity index (χ1) is 8.69. The van der Waals surface area contributed by atoms with Crippen molar-refractivity contribution in [2.24, 2.45) is 0 Å². The number of ether oxygens (including phenoxy) is 1. The van der Waals surface area contributed by atoms with Gasteiger partial charge in [-0.1, -0.05) is 12.1 Å². The summed E-state index contributed by atoms with van der Waals surface area (Å²) >= 11 is 0. The van der Waals surface area contributed by atoms with Gasteiger partial charge in [0.1, 0.15) is 17.3 Å². The summed E-state index contributed by atoms with van der Waals surface area (Å²) in [6, 6.07) is 11.7. The van der Waals surface area contributed by atoms with E-state index in [0.717, 1.165) is 0 Å². The summed E-state index contributed by atoms with van der Waals surface area (Å²) in [6.07, 6.45) is 0. The van der Waals surface area contributed by atoms with E-state index in [1.165, 1.54) is 36.4 Å². The van der Waals surface area contributed by atoms with Crippen molar-refractivity contribution >= 4 is 5.78 Å². The zero-order valence-electron chi connectivity index (χ0n) is 9.40. The average molecular weight is 248 g/mol. The van der Waals surface area contributed by atoms with Crippen LogP contribution >= 0.6 is 0 Å². The van der Waals surface area contributed by atoms with Crippen molar-refractivity contribution in [3.05, 3.63) is 59.9 Å². The number of halogens is 2. The summed E-state index contributed by atoms with van der Waals surface area (Å²) in [4.78, 5) is 11.2. The van der Waals surface area contributed by atoms with E-state index < -0.39 is 12.5 Å². The van der Waals surface area contributed by atoms with E-state index >= 15 is 0 Å². The third kappa shape index (κ3) is 2.91. The second-order valence-electron chi connectivity index (χ2n) is 3.64. The number of Topliss-reactive ketones (excluding diaryl/α,β-unsaturated/α-hetero) is 1. The molecule has 0 saturated carbocycles. The summed E-state index contributed by atoms with van der Waals surface area (Å²) in [5.74, 6) is -0.106. The summed E-state index contributed by atoms with van der Waals surface area (Å²) in [5, 5.41) is 0. The SMILES string of the molecule is O=C(CF)c1cccc(Oc2ccc(F)cc2)c1. The zero-order valence-corrected chi connectivity index (χ0v) is 9.40. The van der Waals surface area contributed by atoms with Gasteiger partial charge in [0, 0.05) is 5.56 Å². The van der Waals surface area contributed by atoms with Crippen molar-refractivity contribution in [1.82, 2.24) is 0 Å². The highest BCUT2D eigenvalue weighted by Crippen LogP contribution is 2.22. The highest BCUT2D eigenvalue weighted by molar-refractivity contribution is 5.97. The number of benzene rings is 2. The molecule has 0 unspecified atom stereocenters. The minimum atomic E-state index is -1.04. The first kappa shape index (κ1) is 12.2. The lowest BCUT2D eigenvalue weighted by Gasteiger charge is -2.06. The van der Waals surface area contributed by atoms with Crippen LogP contribution in [0.2, 0.25) is 0 Å². The van der Waals surface area contributed by atoms with E-state index in [-0.39, 0.29) is 11.4 Å². The van der Waals surface area contributed by atoms with Crippen LogP contribution in [-0.4, -0.2) is 12.5 Å². The molecule has 0 amide bonds. The molecule has 18 heavy (non-hydrogen) atoms. The number of hydrogen-bond acceptors (Lipinski definition) is 2. The summed E-state index contributed by atoms with van der Waals surface area (Å²) in [7, 11) is 0. The van der Waals surface area contributed by atoms with Gasteiger partial charge in [0.25, 0.3) is 0 Å². The highest BCUT2D eigenvalue weighted by atomic mass is 19.1. The lowest BCUT2D eigenvalue weighted by Crippen LogP contribution is -2.00. The Morgan fingerprint density at radius 2 is 1.78 bits per heavy atom. The van der Waals surface area contributed by atoms with E-state index in [4.69, 9.17) is 4.74 Å². The molecule has 4 heteroatoms. The molecule has 0 N–H and O–H groups in total. The molecule has 92 valence electrons. The van der Waals surface area contributed by atoms with Crippen LogP contribution in [0.3, 0.4) is 0 Å². The second-order valence-corrected chi connectivity index (χ2v) is 3.64. The maximum Gasteiger partial charge on any atom is 0.193 e. The van der Waals surface area contributed by atoms with Gasteiger partial charge in [0.2, 0.25) is 0 Å². The summed E-state index contributed by atoms with van der Waals surface area (Å²) in [5.41, 5.74) is 0.247. The maximum atomic E-state index is 12.7. The first-order valence-electron chi connectivity index (χ1n) is 5.31. The molecule has 0 atom stereocenters. The molecule has 0 heterocycles. The Kier molecular flexibility index (Phi) is 3.67. The Morgan fingerprint density at radius 3 is 2.44 bits per heavy atom. The van der Waals surface area contributed by atoms with Crippen LogP contribution in [0.5, 0.6) is 11.5 Å². The van der Waals surface area contributed by atoms with Crippen LogP contribution in [0.15, 0.2) is 48.5 Å². The Morgan fingerprint density at radius 1 is 1.06 bits per heavy atom. The smallest absolute Gasteiger partial charge is 0.193 e. The van der Waals surface area contributed by atoms with E-state index in [2.05, 4.69) is 0 Å². The van der Waals surface area contributed by atoms with Crippen LogP contribution in [0, 0.1) is 5.82 Å². The number of ketones is 1. The van der Waals surface area contributed by atoms with E-state index in [0.29, 0.717) is 11.5 Å². The molecule has 0 aliphatic heterocycles. The molecule has 2 aromatic rings. The van der Waals surface area contributed by atoms with Crippen molar-refractivity contribution in [1.29, 1.82) is 0 Å². The van der Waals surface area contributed by atoms with Gasteiger partial charge in [-0.3, -0.25) is 4.79 Å². The Labute approximate surface area is 103 Å². The lowest BCUT2D eigenvalue weighted by molar-refractivity contribution is 0.0958. The molecule has 0 aliphatic rings. The Hall–Kier alpha value is -2.23. The van der Waals surface area contributed by atoms with Crippen molar-refractivity contribution in [3.63, 3.8) is 0 Å². The Bertz CT molecular complexity index is 550. The van der Waals surface area contributed by atoms with Gasteiger partial charge < -0.3 is 4.74 Å². The maximum absolute atomic E-state index is 12.7. The van der Waals surface area contributed by atoms with E-state index in [9.17, 15) is 13.6 Å². The first-order valence-corrected chi connectivity index (χ1v) is 5.31. The molecule has 0 fully saturated rings. The fraction of sp³-hybridized carbons (Fsp3) is 0.0714. The van der Waals surface area contributed by atoms with Gasteiger partial charge in [0.05, 0.1) is 0 Å². The van der Waals surface area contributed by atoms with Gasteiger partial charge in [-0.05, 0) is 36.4 Å². The minimum absolute atomic E-state index is 0.247. The highest BCUT2D eigenvalue weighted by Gasteiger charge is 2.06. The summed E-state index contributed by atoms with van der Waals surface area (Å²) in [6.45, 7) is -1.04. The number of hydrogen-bond donors (Lipinski definition) is 0. The number of rotatable bonds is 4. The molecule has 2 nitrogen and oxygen atoms in total. The zero-order chi connectivity index (χ0) is 13.0. The second kappa shape index (κ2) is 5.40. The van der Waals surface area contributed by atoms with Gasteiger partial charge in [-0.25, -0.2) is 8.78 Å². The number of carbonyl (C=O) groups excluding carboxylic acids is 1. The molecule has 0 bridgehead atoms. The monoisotopic (exact) mass is 248 g/mol. The van der Waals surface area contributed by atoms with Gasteiger partial charge in [0.15, 0.2) is 12.5 Å². The molecule has 0 saturated heterocycles. The lowest BCUT2D eigenvalue weighted by atomic mass is 10.1. The third-order valence-corrected chi connectivity index (χ3v) is 2.33. The van der Waals surface area contributed by atoms with Crippen molar-refractivity contribution in [2.75, 3.05) is 6.67 Å². The standard InChI is InChI=1S/C14H10F2O2/c15-9-14(17)10-2-1-3-13(8-10)18-12-6-4-11(16)5-7-12/h1-8H,9H2. The predicted octanol–water partition coefficient (Wildman–Crippen LogP) is 3.77. The minimum Gasteiger partial charge on any atom is -0.457 e. The molecular formula is C14H10F2O2. The van der Waals surface area contributed by atoms with Crippen molar-refractivity contribution in [3.8, 4) is 11.5 Å². The van der Waals surface area contributed by atoms with Crippen LogP contribution in [0.1, 0.15) is 10.4 Å². The van der Waals surface area contributed by atoms with Crippen LogP contribution in [0.4, 0.5) is 8.78 Å². The summed E-state index contributed by atoms with van der Waals surface area (Å²) < 4.78 is 30.4. The van der Waals surface area contributed by atoms with Gasteiger partial charge in [-0.15, -0.1) is 0 Å². The molecule has 0 spiro atoms. The fourth-order valence-electron chi connectivity index (χ4n) is 1.45.